The second-order valence-corrected chi connectivity index (χ2v) is 5.89. The molecule has 1 atom stereocenters. The first-order valence-corrected chi connectivity index (χ1v) is 7.61. The molecule has 6 heteroatoms. The molecule has 0 fully saturated rings. The molecule has 3 N–H and O–H groups in total. The number of hydrogen-bond donors (Lipinski definition) is 2. The van der Waals surface area contributed by atoms with Crippen LogP contribution in [0.3, 0.4) is 0 Å². The Kier molecular flexibility index (Phi) is 5.30. The van der Waals surface area contributed by atoms with Gasteiger partial charge in [-0.15, -0.1) is 11.3 Å². The van der Waals surface area contributed by atoms with E-state index in [2.05, 4.69) is 0 Å². The number of benzene rings is 1. The normalized spacial score (nSPS) is 12.5. The molecule has 0 bridgehead atoms. The number of hydroxylamine groups is 2. The van der Waals surface area contributed by atoms with Crippen molar-refractivity contribution in [3.8, 4) is 0 Å². The number of amides is 2. The third kappa shape index (κ3) is 4.41. The minimum absolute atomic E-state index is 0.241. The summed E-state index contributed by atoms with van der Waals surface area (Å²) in [6.07, 6.45) is 4.25. The fourth-order valence-corrected chi connectivity index (χ4v) is 2.74. The van der Waals surface area contributed by atoms with Crippen LogP contribution in [0, 0.1) is 5.82 Å². The summed E-state index contributed by atoms with van der Waals surface area (Å²) < 4.78 is 12.9. The minimum atomic E-state index is -0.889. The summed E-state index contributed by atoms with van der Waals surface area (Å²) in [6, 6.07) is 7.06. The molecule has 0 spiro atoms. The van der Waals surface area contributed by atoms with E-state index in [9.17, 15) is 14.4 Å². The molecular weight excluding hydrogens is 303 g/mol. The maximum Gasteiger partial charge on any atom is 0.339 e. The summed E-state index contributed by atoms with van der Waals surface area (Å²) in [5.41, 5.74) is 7.15. The van der Waals surface area contributed by atoms with Crippen molar-refractivity contribution in [1.29, 1.82) is 0 Å². The molecule has 0 aliphatic heterocycles. The van der Waals surface area contributed by atoms with Gasteiger partial charge in [0.25, 0.3) is 0 Å². The molecule has 0 saturated heterocycles. The van der Waals surface area contributed by atoms with E-state index >= 15 is 0 Å². The molecule has 116 valence electrons. The largest absolute Gasteiger partial charge is 0.350 e. The molecule has 22 heavy (non-hydrogen) atoms. The van der Waals surface area contributed by atoms with Gasteiger partial charge in [0.1, 0.15) is 5.82 Å². The predicted molar refractivity (Wildman–Crippen MR) is 85.2 cm³/mol. The lowest BCUT2D eigenvalue weighted by Gasteiger charge is -2.16. The van der Waals surface area contributed by atoms with E-state index in [1.165, 1.54) is 12.1 Å². The van der Waals surface area contributed by atoms with Crippen LogP contribution in [0.5, 0.6) is 0 Å². The molecular formula is C16H17FN2O2S. The van der Waals surface area contributed by atoms with Crippen LogP contribution in [0.4, 0.5) is 9.18 Å². The first-order chi connectivity index (χ1) is 10.5. The average Bonchev–Trinajstić information content (AvgIpc) is 2.94. The van der Waals surface area contributed by atoms with Gasteiger partial charge < -0.3 is 5.73 Å². The molecule has 2 rings (SSSR count). The lowest BCUT2D eigenvalue weighted by Crippen LogP contribution is -2.38. The summed E-state index contributed by atoms with van der Waals surface area (Å²) in [7, 11) is 0. The van der Waals surface area contributed by atoms with Crippen molar-refractivity contribution < 1.29 is 14.4 Å². The van der Waals surface area contributed by atoms with E-state index in [0.29, 0.717) is 5.06 Å². The third-order valence-corrected chi connectivity index (χ3v) is 4.09. The van der Waals surface area contributed by atoms with Crippen LogP contribution in [0.1, 0.15) is 22.9 Å². The molecule has 0 saturated carbocycles. The van der Waals surface area contributed by atoms with Crippen LogP contribution in [0.2, 0.25) is 0 Å². The maximum atomic E-state index is 12.9. The van der Waals surface area contributed by atoms with Gasteiger partial charge in [-0.2, -0.15) is 5.06 Å². The summed E-state index contributed by atoms with van der Waals surface area (Å²) in [5.74, 6) is -0.241. The van der Waals surface area contributed by atoms with E-state index in [4.69, 9.17) is 5.73 Å². The summed E-state index contributed by atoms with van der Waals surface area (Å²) in [4.78, 5) is 11.8. The zero-order valence-electron chi connectivity index (χ0n) is 12.1. The van der Waals surface area contributed by atoms with E-state index in [1.807, 2.05) is 17.5 Å². The van der Waals surface area contributed by atoms with Gasteiger partial charge in [0.2, 0.25) is 0 Å². The van der Waals surface area contributed by atoms with Crippen LogP contribution in [0.15, 0.2) is 41.8 Å². The Morgan fingerprint density at radius 3 is 2.73 bits per heavy atom. The quantitative estimate of drug-likeness (QED) is 0.652. The number of carbonyl (C=O) groups excluding carboxylic acids is 1. The van der Waals surface area contributed by atoms with Gasteiger partial charge in [0.05, 0.1) is 6.04 Å². The molecule has 1 heterocycles. The van der Waals surface area contributed by atoms with Gasteiger partial charge in [-0.1, -0.05) is 18.2 Å². The summed E-state index contributed by atoms with van der Waals surface area (Å²) in [5, 5.41) is 11.9. The van der Waals surface area contributed by atoms with Crippen LogP contribution >= 0.6 is 11.3 Å². The Bertz CT molecular complexity index is 667. The highest BCUT2D eigenvalue weighted by molar-refractivity contribution is 7.11. The smallest absolute Gasteiger partial charge is 0.339 e. The number of thiophene rings is 1. The zero-order valence-corrected chi connectivity index (χ0v) is 12.9. The fourth-order valence-electron chi connectivity index (χ4n) is 1.93. The molecule has 0 aliphatic carbocycles. The number of carbonyl (C=O) groups is 1. The molecule has 0 unspecified atom stereocenters. The standard InChI is InChI=1S/C16H17FN2O2S/c1-11(19(21)16(18)20)2-7-15-9-13(10-22-15)8-12-3-5-14(17)6-4-12/h2-7,9-11,21H,8H2,1H3,(H2,18,20)/b7-2-/t11-/m1/s1. The maximum absolute atomic E-state index is 12.9. The molecule has 2 amide bonds. The number of primary amides is 1. The van der Waals surface area contributed by atoms with Crippen molar-refractivity contribution in [2.75, 3.05) is 0 Å². The van der Waals surface area contributed by atoms with Gasteiger partial charge in [0.15, 0.2) is 0 Å². The van der Waals surface area contributed by atoms with Crippen molar-refractivity contribution >= 4 is 23.4 Å². The zero-order chi connectivity index (χ0) is 16.1. The minimum Gasteiger partial charge on any atom is -0.350 e. The number of hydrogen-bond acceptors (Lipinski definition) is 3. The lowest BCUT2D eigenvalue weighted by atomic mass is 10.1. The summed E-state index contributed by atoms with van der Waals surface area (Å²) >= 11 is 1.56. The fraction of sp³-hybridized carbons (Fsp3) is 0.188. The monoisotopic (exact) mass is 320 g/mol. The highest BCUT2D eigenvalue weighted by atomic mass is 32.1. The third-order valence-electron chi connectivity index (χ3n) is 3.15. The first kappa shape index (κ1) is 16.2. The van der Waals surface area contributed by atoms with Gasteiger partial charge in [-0.3, -0.25) is 5.21 Å². The van der Waals surface area contributed by atoms with E-state index in [1.54, 1.807) is 36.5 Å². The van der Waals surface area contributed by atoms with Crippen molar-refractivity contribution in [2.24, 2.45) is 5.73 Å². The number of nitrogens with zero attached hydrogens (tertiary/aromatic N) is 1. The highest BCUT2D eigenvalue weighted by Crippen LogP contribution is 2.20. The number of urea groups is 1. The van der Waals surface area contributed by atoms with Crippen LogP contribution in [-0.2, 0) is 6.42 Å². The highest BCUT2D eigenvalue weighted by Gasteiger charge is 2.11. The van der Waals surface area contributed by atoms with Crippen LogP contribution in [0.25, 0.3) is 6.08 Å². The Labute approximate surface area is 132 Å². The average molecular weight is 320 g/mol. The van der Waals surface area contributed by atoms with Crippen molar-refractivity contribution in [3.05, 3.63) is 63.6 Å². The lowest BCUT2D eigenvalue weighted by molar-refractivity contribution is -0.0560. The molecule has 4 nitrogen and oxygen atoms in total. The molecule has 0 radical (unpaired) electrons. The summed E-state index contributed by atoms with van der Waals surface area (Å²) in [6.45, 7) is 1.66. The van der Waals surface area contributed by atoms with Gasteiger partial charge >= 0.3 is 6.03 Å². The van der Waals surface area contributed by atoms with Gasteiger partial charge in [0, 0.05) is 4.88 Å². The molecule has 1 aromatic heterocycles. The van der Waals surface area contributed by atoms with Crippen molar-refractivity contribution in [2.45, 2.75) is 19.4 Å². The molecule has 2 aromatic rings. The van der Waals surface area contributed by atoms with Crippen LogP contribution < -0.4 is 5.73 Å². The Balaban J connectivity index is 1.99. The van der Waals surface area contributed by atoms with E-state index in [0.717, 1.165) is 22.4 Å². The Morgan fingerprint density at radius 2 is 2.09 bits per heavy atom. The number of halogens is 1. The van der Waals surface area contributed by atoms with Gasteiger partial charge in [-0.25, -0.2) is 9.18 Å². The number of rotatable bonds is 5. The SMILES string of the molecule is C[C@H](/C=C\c1cc(Cc2ccc(F)cc2)cs1)N(O)C(N)=O. The number of nitrogens with two attached hydrogens (primary N) is 1. The Hall–Kier alpha value is -2.18. The first-order valence-electron chi connectivity index (χ1n) is 6.73. The van der Waals surface area contributed by atoms with Gasteiger partial charge in [-0.05, 0) is 54.1 Å². The topological polar surface area (TPSA) is 66.6 Å². The predicted octanol–water partition coefficient (Wildman–Crippen LogP) is 3.65. The van der Waals surface area contributed by atoms with Crippen molar-refractivity contribution in [3.63, 3.8) is 0 Å². The molecule has 0 aliphatic rings. The second kappa shape index (κ2) is 7.20. The van der Waals surface area contributed by atoms with Crippen molar-refractivity contribution in [1.82, 2.24) is 5.06 Å². The second-order valence-electron chi connectivity index (χ2n) is 4.94. The molecule has 1 aromatic carbocycles. The van der Waals surface area contributed by atoms with E-state index < -0.39 is 12.1 Å². The van der Waals surface area contributed by atoms with Crippen LogP contribution in [-0.4, -0.2) is 22.3 Å². The van der Waals surface area contributed by atoms with E-state index in [-0.39, 0.29) is 5.82 Å². The Morgan fingerprint density at radius 1 is 1.41 bits per heavy atom.